The Balaban J connectivity index is 1.86. The molecule has 1 fully saturated rings. The van der Waals surface area contributed by atoms with E-state index in [2.05, 4.69) is 4.72 Å². The van der Waals surface area contributed by atoms with Gasteiger partial charge < -0.3 is 0 Å². The van der Waals surface area contributed by atoms with Crippen LogP contribution in [0.5, 0.6) is 0 Å². The molecule has 3 rings (SSSR count). The van der Waals surface area contributed by atoms with Crippen molar-refractivity contribution in [3.05, 3.63) is 54.1 Å². The van der Waals surface area contributed by atoms with E-state index in [9.17, 15) is 16.8 Å². The first-order valence-electron chi connectivity index (χ1n) is 8.49. The molecule has 1 N–H and O–H groups in total. The molecule has 0 spiro atoms. The van der Waals surface area contributed by atoms with Crippen LogP contribution in [0.3, 0.4) is 0 Å². The Labute approximate surface area is 155 Å². The van der Waals surface area contributed by atoms with Crippen molar-refractivity contribution >= 4 is 25.7 Å². The molecule has 0 atom stereocenters. The molecule has 0 unspecified atom stereocenters. The van der Waals surface area contributed by atoms with Crippen LogP contribution in [0.25, 0.3) is 0 Å². The number of sulfonamides is 2. The van der Waals surface area contributed by atoms with Gasteiger partial charge >= 0.3 is 0 Å². The number of piperidine rings is 1. The summed E-state index contributed by atoms with van der Waals surface area (Å²) in [6.07, 6.45) is 2.72. The highest BCUT2D eigenvalue weighted by Gasteiger charge is 2.26. The van der Waals surface area contributed by atoms with Crippen LogP contribution in [-0.4, -0.2) is 34.2 Å². The predicted molar refractivity (Wildman–Crippen MR) is 101 cm³/mol. The molecule has 2 aromatic carbocycles. The molecule has 8 heteroatoms. The number of nitrogens with zero attached hydrogens (tertiary/aromatic N) is 1. The van der Waals surface area contributed by atoms with Crippen LogP contribution in [-0.2, 0) is 20.0 Å². The third-order valence-electron chi connectivity index (χ3n) is 4.37. The van der Waals surface area contributed by atoms with Crippen molar-refractivity contribution in [2.45, 2.75) is 36.0 Å². The first-order valence-corrected chi connectivity index (χ1v) is 11.4. The fourth-order valence-corrected chi connectivity index (χ4v) is 5.52. The van der Waals surface area contributed by atoms with E-state index in [1.807, 2.05) is 6.92 Å². The molecule has 0 bridgehead atoms. The average Bonchev–Trinajstić information content (AvgIpc) is 2.63. The molecule has 0 radical (unpaired) electrons. The van der Waals surface area contributed by atoms with Gasteiger partial charge in [-0.2, -0.15) is 4.31 Å². The topological polar surface area (TPSA) is 83.5 Å². The monoisotopic (exact) mass is 394 g/mol. The van der Waals surface area contributed by atoms with E-state index in [4.69, 9.17) is 0 Å². The Morgan fingerprint density at radius 1 is 0.846 bits per heavy atom. The molecule has 0 aromatic heterocycles. The summed E-state index contributed by atoms with van der Waals surface area (Å²) in [6.45, 7) is 2.88. The summed E-state index contributed by atoms with van der Waals surface area (Å²) >= 11 is 0. The number of benzene rings is 2. The maximum Gasteiger partial charge on any atom is 0.261 e. The lowest BCUT2D eigenvalue weighted by molar-refractivity contribution is 0.346. The minimum absolute atomic E-state index is 0.100. The van der Waals surface area contributed by atoms with E-state index in [1.165, 1.54) is 28.6 Å². The molecule has 6 nitrogen and oxygen atoms in total. The SMILES string of the molecule is Cc1ccc(S(=O)(=O)Nc2cccc(S(=O)(=O)N3CCCCC3)c2)cc1. The summed E-state index contributed by atoms with van der Waals surface area (Å²) in [4.78, 5) is 0.232. The molecule has 1 aliphatic heterocycles. The Kier molecular flexibility index (Phi) is 5.36. The van der Waals surface area contributed by atoms with E-state index in [1.54, 1.807) is 24.3 Å². The molecular weight excluding hydrogens is 372 g/mol. The Morgan fingerprint density at radius 3 is 2.15 bits per heavy atom. The Morgan fingerprint density at radius 2 is 1.50 bits per heavy atom. The van der Waals surface area contributed by atoms with Crippen LogP contribution >= 0.6 is 0 Å². The van der Waals surface area contributed by atoms with E-state index in [0.29, 0.717) is 13.1 Å². The largest absolute Gasteiger partial charge is 0.280 e. The molecule has 140 valence electrons. The van der Waals surface area contributed by atoms with Crippen LogP contribution in [0.15, 0.2) is 58.3 Å². The lowest BCUT2D eigenvalue weighted by Gasteiger charge is -2.26. The van der Waals surface area contributed by atoms with Crippen molar-refractivity contribution in [2.24, 2.45) is 0 Å². The van der Waals surface area contributed by atoms with E-state index < -0.39 is 20.0 Å². The third-order valence-corrected chi connectivity index (χ3v) is 7.66. The molecule has 0 saturated carbocycles. The van der Waals surface area contributed by atoms with Crippen LogP contribution < -0.4 is 4.72 Å². The van der Waals surface area contributed by atoms with E-state index >= 15 is 0 Å². The molecule has 1 heterocycles. The lowest BCUT2D eigenvalue weighted by Crippen LogP contribution is -2.35. The first-order chi connectivity index (χ1) is 12.3. The number of hydrogen-bond acceptors (Lipinski definition) is 4. The second-order valence-electron chi connectivity index (χ2n) is 6.41. The minimum atomic E-state index is -3.78. The molecule has 1 aliphatic rings. The van der Waals surface area contributed by atoms with Gasteiger partial charge in [0.25, 0.3) is 10.0 Å². The van der Waals surface area contributed by atoms with Gasteiger partial charge in [0, 0.05) is 13.1 Å². The molecule has 0 aliphatic carbocycles. The van der Waals surface area contributed by atoms with Gasteiger partial charge in [-0.25, -0.2) is 16.8 Å². The van der Waals surface area contributed by atoms with Gasteiger partial charge in [0.1, 0.15) is 0 Å². The van der Waals surface area contributed by atoms with Gasteiger partial charge in [-0.1, -0.05) is 30.2 Å². The van der Waals surface area contributed by atoms with Crippen molar-refractivity contribution < 1.29 is 16.8 Å². The summed E-state index contributed by atoms with van der Waals surface area (Å²) in [5.74, 6) is 0. The molecule has 0 amide bonds. The highest BCUT2D eigenvalue weighted by molar-refractivity contribution is 7.92. The number of anilines is 1. The Bertz CT molecular complexity index is 978. The highest BCUT2D eigenvalue weighted by atomic mass is 32.2. The van der Waals surface area contributed by atoms with Crippen molar-refractivity contribution in [1.82, 2.24) is 4.31 Å². The van der Waals surface area contributed by atoms with E-state index in [0.717, 1.165) is 24.8 Å². The zero-order valence-electron chi connectivity index (χ0n) is 14.6. The molecule has 2 aromatic rings. The lowest BCUT2D eigenvalue weighted by atomic mass is 10.2. The van der Waals surface area contributed by atoms with Crippen molar-refractivity contribution in [3.8, 4) is 0 Å². The van der Waals surface area contributed by atoms with Crippen LogP contribution in [0, 0.1) is 6.92 Å². The molecule has 1 saturated heterocycles. The molecular formula is C18H22N2O4S2. The maximum atomic E-state index is 12.8. The van der Waals surface area contributed by atoms with Gasteiger partial charge in [0.15, 0.2) is 0 Å². The highest BCUT2D eigenvalue weighted by Crippen LogP contribution is 2.24. The smallest absolute Gasteiger partial charge is 0.261 e. The van der Waals surface area contributed by atoms with Crippen molar-refractivity contribution in [3.63, 3.8) is 0 Å². The second-order valence-corrected chi connectivity index (χ2v) is 10.0. The number of nitrogens with one attached hydrogen (secondary N) is 1. The number of rotatable bonds is 5. The minimum Gasteiger partial charge on any atom is -0.280 e. The van der Waals surface area contributed by atoms with E-state index in [-0.39, 0.29) is 15.5 Å². The van der Waals surface area contributed by atoms with Gasteiger partial charge in [0.2, 0.25) is 10.0 Å². The standard InChI is InChI=1S/C18H22N2O4S2/c1-15-8-10-17(11-9-15)25(21,22)19-16-6-5-7-18(14-16)26(23,24)20-12-3-2-4-13-20/h5-11,14,19H,2-4,12-13H2,1H3. The maximum absolute atomic E-state index is 12.8. The van der Waals surface area contributed by atoms with Gasteiger partial charge in [0.05, 0.1) is 15.5 Å². The number of hydrogen-bond donors (Lipinski definition) is 1. The van der Waals surface area contributed by atoms with Crippen LogP contribution in [0.2, 0.25) is 0 Å². The fourth-order valence-electron chi connectivity index (χ4n) is 2.91. The zero-order valence-corrected chi connectivity index (χ0v) is 16.2. The van der Waals surface area contributed by atoms with Crippen LogP contribution in [0.4, 0.5) is 5.69 Å². The molecule has 26 heavy (non-hydrogen) atoms. The quantitative estimate of drug-likeness (QED) is 0.845. The summed E-state index contributed by atoms with van der Waals surface area (Å²) in [5, 5.41) is 0. The average molecular weight is 395 g/mol. The third kappa shape index (κ3) is 4.08. The zero-order chi connectivity index (χ0) is 18.8. The summed E-state index contributed by atoms with van der Waals surface area (Å²) in [6, 6.07) is 12.4. The summed E-state index contributed by atoms with van der Waals surface area (Å²) in [7, 11) is -7.39. The predicted octanol–water partition coefficient (Wildman–Crippen LogP) is 2.97. The van der Waals surface area contributed by atoms with Crippen molar-refractivity contribution in [2.75, 3.05) is 17.8 Å². The van der Waals surface area contributed by atoms with Crippen LogP contribution in [0.1, 0.15) is 24.8 Å². The van der Waals surface area contributed by atoms with Crippen molar-refractivity contribution in [1.29, 1.82) is 0 Å². The fraction of sp³-hybridized carbons (Fsp3) is 0.333. The summed E-state index contributed by atoms with van der Waals surface area (Å²) < 4.78 is 54.5. The normalized spacial score (nSPS) is 16.3. The number of aryl methyl sites for hydroxylation is 1. The Hall–Kier alpha value is -1.90. The summed E-state index contributed by atoms with van der Waals surface area (Å²) in [5.41, 5.74) is 1.18. The second kappa shape index (κ2) is 7.38. The van der Waals surface area contributed by atoms with Gasteiger partial charge in [-0.05, 0) is 50.1 Å². The van der Waals surface area contributed by atoms with Gasteiger partial charge in [-0.15, -0.1) is 0 Å². The first kappa shape index (κ1) is 18.9. The van der Waals surface area contributed by atoms with Gasteiger partial charge in [-0.3, -0.25) is 4.72 Å².